The van der Waals surface area contributed by atoms with Crippen LogP contribution in [0.3, 0.4) is 0 Å². The van der Waals surface area contributed by atoms with Gasteiger partial charge in [-0.25, -0.2) is 0 Å². The minimum absolute atomic E-state index is 0.758. The third-order valence-electron chi connectivity index (χ3n) is 1.70. The van der Waals surface area contributed by atoms with Crippen LogP contribution in [0.1, 0.15) is 11.3 Å². The Bertz CT molecular complexity index is 351. The molecule has 0 aliphatic carbocycles. The maximum Gasteiger partial charge on any atom is 0.0914 e. The number of hydrogen-bond acceptors (Lipinski definition) is 2. The SMILES string of the molecule is C=C/C=C(\N=C)c1ncccc1C. The van der Waals surface area contributed by atoms with E-state index in [0.29, 0.717) is 0 Å². The highest BCUT2D eigenvalue weighted by Crippen LogP contribution is 2.16. The topological polar surface area (TPSA) is 25.2 Å². The molecule has 0 bridgehead atoms. The molecule has 0 saturated heterocycles. The number of hydrogen-bond donors (Lipinski definition) is 0. The molecule has 0 fully saturated rings. The van der Waals surface area contributed by atoms with Crippen LogP contribution in [0.4, 0.5) is 0 Å². The highest BCUT2D eigenvalue weighted by atomic mass is 14.8. The van der Waals surface area contributed by atoms with E-state index in [4.69, 9.17) is 0 Å². The molecule has 2 nitrogen and oxygen atoms in total. The van der Waals surface area contributed by atoms with Crippen molar-refractivity contribution in [3.05, 3.63) is 48.3 Å². The molecule has 13 heavy (non-hydrogen) atoms. The number of allylic oxidation sites excluding steroid dienone is 2. The van der Waals surface area contributed by atoms with Crippen molar-refractivity contribution in [2.45, 2.75) is 6.92 Å². The molecule has 0 aliphatic rings. The minimum atomic E-state index is 0.758. The Balaban J connectivity index is 3.19. The van der Waals surface area contributed by atoms with Crippen molar-refractivity contribution in [3.63, 3.8) is 0 Å². The third-order valence-corrected chi connectivity index (χ3v) is 1.70. The first-order valence-electron chi connectivity index (χ1n) is 4.01. The summed E-state index contributed by atoms with van der Waals surface area (Å²) in [5.74, 6) is 0. The second-order valence-corrected chi connectivity index (χ2v) is 2.61. The highest BCUT2D eigenvalue weighted by molar-refractivity contribution is 5.68. The van der Waals surface area contributed by atoms with Gasteiger partial charge in [0.1, 0.15) is 0 Å². The number of rotatable bonds is 3. The summed E-state index contributed by atoms with van der Waals surface area (Å²) in [5, 5.41) is 0. The molecule has 0 unspecified atom stereocenters. The van der Waals surface area contributed by atoms with E-state index in [0.717, 1.165) is 17.0 Å². The summed E-state index contributed by atoms with van der Waals surface area (Å²) < 4.78 is 0. The van der Waals surface area contributed by atoms with Crippen molar-refractivity contribution in [3.8, 4) is 0 Å². The molecule has 0 aliphatic heterocycles. The van der Waals surface area contributed by atoms with Gasteiger partial charge in [0, 0.05) is 6.20 Å². The van der Waals surface area contributed by atoms with Crippen molar-refractivity contribution >= 4 is 12.4 Å². The summed E-state index contributed by atoms with van der Waals surface area (Å²) in [6.07, 6.45) is 5.21. The first-order valence-corrected chi connectivity index (χ1v) is 4.01. The van der Waals surface area contributed by atoms with E-state index in [1.807, 2.05) is 19.1 Å². The fourth-order valence-electron chi connectivity index (χ4n) is 1.07. The van der Waals surface area contributed by atoms with Gasteiger partial charge in [0.05, 0.1) is 11.4 Å². The van der Waals surface area contributed by atoms with E-state index in [1.54, 1.807) is 18.3 Å². The average molecular weight is 172 g/mol. The van der Waals surface area contributed by atoms with E-state index in [-0.39, 0.29) is 0 Å². The van der Waals surface area contributed by atoms with Gasteiger partial charge >= 0.3 is 0 Å². The van der Waals surface area contributed by atoms with Gasteiger partial charge in [0.15, 0.2) is 0 Å². The molecule has 0 amide bonds. The number of nitrogens with zero attached hydrogens (tertiary/aromatic N) is 2. The molecule has 2 heteroatoms. The molecule has 66 valence electrons. The maximum atomic E-state index is 4.22. The van der Waals surface area contributed by atoms with Crippen molar-refractivity contribution in [1.29, 1.82) is 0 Å². The van der Waals surface area contributed by atoms with Crippen LogP contribution in [-0.4, -0.2) is 11.7 Å². The lowest BCUT2D eigenvalue weighted by Gasteiger charge is -2.02. The lowest BCUT2D eigenvalue weighted by atomic mass is 10.1. The van der Waals surface area contributed by atoms with Gasteiger partial charge in [-0.1, -0.05) is 18.7 Å². The Labute approximate surface area is 78.4 Å². The molecule has 1 heterocycles. The number of aromatic nitrogens is 1. The second kappa shape index (κ2) is 4.36. The van der Waals surface area contributed by atoms with Crippen LogP contribution >= 0.6 is 0 Å². The van der Waals surface area contributed by atoms with Gasteiger partial charge in [-0.3, -0.25) is 9.98 Å². The van der Waals surface area contributed by atoms with Crippen LogP contribution in [0.5, 0.6) is 0 Å². The summed E-state index contributed by atoms with van der Waals surface area (Å²) in [7, 11) is 0. The van der Waals surface area contributed by atoms with Crippen LogP contribution in [0.15, 0.2) is 42.1 Å². The molecule has 0 atom stereocenters. The van der Waals surface area contributed by atoms with Crippen LogP contribution in [0, 0.1) is 6.92 Å². The summed E-state index contributed by atoms with van der Waals surface area (Å²) in [6, 6.07) is 3.89. The zero-order valence-electron chi connectivity index (χ0n) is 7.70. The average Bonchev–Trinajstić information content (AvgIpc) is 2.16. The molecular formula is C11H12N2. The van der Waals surface area contributed by atoms with E-state index in [9.17, 15) is 0 Å². The van der Waals surface area contributed by atoms with Crippen LogP contribution in [-0.2, 0) is 0 Å². The largest absolute Gasteiger partial charge is 0.262 e. The van der Waals surface area contributed by atoms with Crippen molar-refractivity contribution in [2.24, 2.45) is 4.99 Å². The number of aliphatic imine (C=N–C) groups is 1. The predicted molar refractivity (Wildman–Crippen MR) is 56.7 cm³/mol. The fraction of sp³-hybridized carbons (Fsp3) is 0.0909. The highest BCUT2D eigenvalue weighted by Gasteiger charge is 2.01. The van der Waals surface area contributed by atoms with Gasteiger partial charge in [-0.2, -0.15) is 0 Å². The quantitative estimate of drug-likeness (QED) is 0.508. The molecule has 0 N–H and O–H groups in total. The van der Waals surface area contributed by atoms with Gasteiger partial charge < -0.3 is 0 Å². The van der Waals surface area contributed by atoms with Crippen molar-refractivity contribution < 1.29 is 0 Å². The Kier molecular flexibility index (Phi) is 3.15. The minimum Gasteiger partial charge on any atom is -0.262 e. The smallest absolute Gasteiger partial charge is 0.0914 e. The van der Waals surface area contributed by atoms with Crippen LogP contribution in [0.2, 0.25) is 0 Å². The zero-order chi connectivity index (χ0) is 9.68. The lowest BCUT2D eigenvalue weighted by Crippen LogP contribution is -1.90. The van der Waals surface area contributed by atoms with Crippen molar-refractivity contribution in [2.75, 3.05) is 0 Å². The lowest BCUT2D eigenvalue weighted by molar-refractivity contribution is 1.20. The Morgan fingerprint density at radius 1 is 1.62 bits per heavy atom. The summed E-state index contributed by atoms with van der Waals surface area (Å²) in [6.45, 7) is 9.09. The summed E-state index contributed by atoms with van der Waals surface area (Å²) in [4.78, 5) is 8.10. The third kappa shape index (κ3) is 2.12. The van der Waals surface area contributed by atoms with E-state index in [1.165, 1.54) is 0 Å². The zero-order valence-corrected chi connectivity index (χ0v) is 7.70. The summed E-state index contributed by atoms with van der Waals surface area (Å²) >= 11 is 0. The summed E-state index contributed by atoms with van der Waals surface area (Å²) in [5.41, 5.74) is 2.70. The molecule has 0 radical (unpaired) electrons. The molecule has 1 rings (SSSR count). The van der Waals surface area contributed by atoms with Gasteiger partial charge in [-0.15, -0.1) is 0 Å². The molecule has 0 aromatic carbocycles. The Morgan fingerprint density at radius 2 is 2.38 bits per heavy atom. The molecule has 0 spiro atoms. The fourth-order valence-corrected chi connectivity index (χ4v) is 1.07. The van der Waals surface area contributed by atoms with Gasteiger partial charge in [0.2, 0.25) is 0 Å². The van der Waals surface area contributed by atoms with E-state index in [2.05, 4.69) is 23.3 Å². The Hall–Kier alpha value is -1.70. The predicted octanol–water partition coefficient (Wildman–Crippen LogP) is 2.62. The van der Waals surface area contributed by atoms with Crippen molar-refractivity contribution in [1.82, 2.24) is 4.98 Å². The van der Waals surface area contributed by atoms with Crippen LogP contribution < -0.4 is 0 Å². The van der Waals surface area contributed by atoms with Crippen LogP contribution in [0.25, 0.3) is 5.70 Å². The second-order valence-electron chi connectivity index (χ2n) is 2.61. The number of pyridine rings is 1. The van der Waals surface area contributed by atoms with Gasteiger partial charge in [-0.05, 0) is 31.3 Å². The maximum absolute atomic E-state index is 4.22. The standard InChI is InChI=1S/C11H12N2/c1-4-6-10(12-3)11-9(2)7-5-8-13-11/h4-8H,1,3H2,2H3/b10-6-. The molecule has 0 saturated carbocycles. The number of aryl methyl sites for hydroxylation is 1. The van der Waals surface area contributed by atoms with E-state index < -0.39 is 0 Å². The molecule has 1 aromatic heterocycles. The Morgan fingerprint density at radius 3 is 2.92 bits per heavy atom. The van der Waals surface area contributed by atoms with Gasteiger partial charge in [0.25, 0.3) is 0 Å². The normalized spacial score (nSPS) is 11.0. The molecular weight excluding hydrogens is 160 g/mol. The molecule has 1 aromatic rings. The first kappa shape index (κ1) is 9.39. The van der Waals surface area contributed by atoms with E-state index >= 15 is 0 Å². The monoisotopic (exact) mass is 172 g/mol. The first-order chi connectivity index (χ1) is 6.29.